The van der Waals surface area contributed by atoms with Crippen LogP contribution >= 0.6 is 0 Å². The number of fused-ring (bicyclic) bond motifs is 1. The van der Waals surface area contributed by atoms with E-state index in [1.807, 2.05) is 70.2 Å². The third kappa shape index (κ3) is 8.74. The lowest BCUT2D eigenvalue weighted by Crippen LogP contribution is -2.55. The number of carbonyl (C=O) groups excluding carboxylic acids is 3. The van der Waals surface area contributed by atoms with E-state index in [0.717, 1.165) is 22.8 Å². The number of rotatable bonds is 12. The lowest BCUT2D eigenvalue weighted by molar-refractivity contribution is -0.145. The fraction of sp³-hybridized carbons (Fsp3) is 0.567. The molecule has 3 amide bonds. The number of carbonyl (C=O) groups is 3. The van der Waals surface area contributed by atoms with Crippen LogP contribution in [0.15, 0.2) is 42.5 Å². The molecule has 4 atom stereocenters. The molecule has 2 aromatic carbocycles. The van der Waals surface area contributed by atoms with Crippen LogP contribution in [0.5, 0.6) is 0 Å². The van der Waals surface area contributed by atoms with Crippen molar-refractivity contribution >= 4 is 28.5 Å². The Morgan fingerprint density at radius 2 is 1.79 bits per heavy atom. The maximum absolute atomic E-state index is 13.4. The molecule has 3 rings (SSSR count). The van der Waals surface area contributed by atoms with Gasteiger partial charge in [-0.3, -0.25) is 14.4 Å². The van der Waals surface area contributed by atoms with E-state index < -0.39 is 23.6 Å². The maximum atomic E-state index is 13.4. The van der Waals surface area contributed by atoms with Crippen LogP contribution in [0.1, 0.15) is 46.1 Å². The van der Waals surface area contributed by atoms with Crippen molar-refractivity contribution in [2.45, 2.75) is 71.2 Å². The summed E-state index contributed by atoms with van der Waals surface area (Å²) in [6.07, 6.45) is 0.783. The van der Waals surface area contributed by atoms with E-state index >= 15 is 0 Å². The van der Waals surface area contributed by atoms with Gasteiger partial charge < -0.3 is 30.7 Å². The highest BCUT2D eigenvalue weighted by Crippen LogP contribution is 2.26. The van der Waals surface area contributed by atoms with Crippen LogP contribution in [-0.2, 0) is 25.5 Å². The van der Waals surface area contributed by atoms with E-state index in [2.05, 4.69) is 16.0 Å². The van der Waals surface area contributed by atoms with Crippen molar-refractivity contribution in [2.75, 3.05) is 33.3 Å². The van der Waals surface area contributed by atoms with Crippen LogP contribution < -0.4 is 16.0 Å². The lowest BCUT2D eigenvalue weighted by atomic mass is 9.94. The Morgan fingerprint density at radius 1 is 1.08 bits per heavy atom. The normalized spacial score (nSPS) is 18.0. The van der Waals surface area contributed by atoms with E-state index in [0.29, 0.717) is 26.1 Å². The van der Waals surface area contributed by atoms with E-state index in [9.17, 15) is 19.5 Å². The topological polar surface area (TPSA) is 120 Å². The van der Waals surface area contributed by atoms with E-state index in [1.165, 1.54) is 0 Å². The number of amides is 3. The molecule has 1 saturated heterocycles. The number of nitrogens with zero attached hydrogens (tertiary/aromatic N) is 1. The number of aliphatic hydroxyl groups is 1. The molecule has 214 valence electrons. The van der Waals surface area contributed by atoms with Crippen molar-refractivity contribution in [3.8, 4) is 0 Å². The number of nitrogens with one attached hydrogen (secondary N) is 3. The van der Waals surface area contributed by atoms with Crippen molar-refractivity contribution in [3.05, 3.63) is 48.0 Å². The van der Waals surface area contributed by atoms with Crippen LogP contribution in [0, 0.1) is 5.41 Å². The van der Waals surface area contributed by atoms with Gasteiger partial charge in [0.15, 0.2) is 0 Å². The molecule has 0 saturated carbocycles. The van der Waals surface area contributed by atoms with E-state index in [4.69, 9.17) is 4.74 Å². The molecule has 0 bridgehead atoms. The summed E-state index contributed by atoms with van der Waals surface area (Å²) in [5.41, 5.74) is 0.301. The Balaban J connectivity index is 1.71. The van der Waals surface area contributed by atoms with Gasteiger partial charge in [-0.1, -0.05) is 63.2 Å². The average Bonchev–Trinajstić information content (AvgIpc) is 3.40. The molecular weight excluding hydrogens is 496 g/mol. The number of ether oxygens (including phenoxy) is 1. The number of hydrogen-bond donors (Lipinski definition) is 4. The number of methoxy groups -OCH3 is 1. The molecule has 1 heterocycles. The number of benzene rings is 2. The molecule has 1 fully saturated rings. The van der Waals surface area contributed by atoms with Crippen LogP contribution in [-0.4, -0.2) is 85.3 Å². The Bertz CT molecular complexity index is 1130. The first-order valence-corrected chi connectivity index (χ1v) is 13.8. The minimum absolute atomic E-state index is 0.00801. The zero-order chi connectivity index (χ0) is 28.6. The highest BCUT2D eigenvalue weighted by molar-refractivity contribution is 5.93. The van der Waals surface area contributed by atoms with Gasteiger partial charge in [0.1, 0.15) is 12.1 Å². The summed E-state index contributed by atoms with van der Waals surface area (Å²) in [5, 5.41) is 21.3. The summed E-state index contributed by atoms with van der Waals surface area (Å²) in [6.45, 7) is 8.88. The molecule has 0 aliphatic carbocycles. The highest BCUT2D eigenvalue weighted by Gasteiger charge is 2.39. The molecule has 1 aliphatic heterocycles. The largest absolute Gasteiger partial charge is 0.390 e. The summed E-state index contributed by atoms with van der Waals surface area (Å²) >= 11 is 0. The molecule has 9 nitrogen and oxygen atoms in total. The second-order valence-corrected chi connectivity index (χ2v) is 11.5. The molecule has 0 radical (unpaired) electrons. The van der Waals surface area contributed by atoms with Gasteiger partial charge in [0.25, 0.3) is 0 Å². The van der Waals surface area contributed by atoms with Crippen molar-refractivity contribution < 1.29 is 24.2 Å². The SMILES string of the molecule is COC(C)CNCC(O)CNC(=O)C(Cc1ccc2ccccc2c1)NC(=O)C1CCCN1C(=O)C(C)(C)C. The Labute approximate surface area is 231 Å². The Morgan fingerprint density at radius 3 is 2.49 bits per heavy atom. The summed E-state index contributed by atoms with van der Waals surface area (Å²) in [5.74, 6) is -0.789. The van der Waals surface area contributed by atoms with Crippen molar-refractivity contribution in [1.82, 2.24) is 20.9 Å². The zero-order valence-corrected chi connectivity index (χ0v) is 23.8. The zero-order valence-electron chi connectivity index (χ0n) is 23.8. The Hall–Kier alpha value is -3.01. The van der Waals surface area contributed by atoms with Gasteiger partial charge in [-0.15, -0.1) is 0 Å². The van der Waals surface area contributed by atoms with Crippen LogP contribution in [0.3, 0.4) is 0 Å². The van der Waals surface area contributed by atoms with Gasteiger partial charge in [0.2, 0.25) is 17.7 Å². The fourth-order valence-corrected chi connectivity index (χ4v) is 4.74. The van der Waals surface area contributed by atoms with Crippen molar-refractivity contribution in [2.24, 2.45) is 5.41 Å². The standard InChI is InChI=1S/C30H44N4O5/c1-20(39-5)17-31-18-24(35)19-32-27(36)25(16-21-12-13-22-9-6-7-10-23(22)15-21)33-28(37)26-11-8-14-34(26)29(38)30(2,3)4/h6-7,9-10,12-13,15,20,24-26,31,35H,8,11,14,16-19H2,1-5H3,(H,32,36)(H,33,37). The fourth-order valence-electron chi connectivity index (χ4n) is 4.74. The number of hydrogen-bond acceptors (Lipinski definition) is 6. The van der Waals surface area contributed by atoms with Gasteiger partial charge in [-0.05, 0) is 36.1 Å². The minimum Gasteiger partial charge on any atom is -0.390 e. The molecule has 39 heavy (non-hydrogen) atoms. The average molecular weight is 541 g/mol. The number of likely N-dealkylation sites (tertiary alicyclic amines) is 1. The molecule has 4 N–H and O–H groups in total. The molecule has 0 aromatic heterocycles. The van der Waals surface area contributed by atoms with Crippen molar-refractivity contribution in [1.29, 1.82) is 0 Å². The molecule has 1 aliphatic rings. The molecule has 9 heteroatoms. The van der Waals surface area contributed by atoms with Gasteiger partial charge in [0.05, 0.1) is 12.2 Å². The predicted molar refractivity (Wildman–Crippen MR) is 152 cm³/mol. The van der Waals surface area contributed by atoms with Crippen LogP contribution in [0.2, 0.25) is 0 Å². The smallest absolute Gasteiger partial charge is 0.243 e. The molecule has 2 aromatic rings. The second-order valence-electron chi connectivity index (χ2n) is 11.5. The Kier molecular flexibility index (Phi) is 10.9. The highest BCUT2D eigenvalue weighted by atomic mass is 16.5. The first-order valence-electron chi connectivity index (χ1n) is 13.8. The van der Waals surface area contributed by atoms with E-state index in [-0.39, 0.29) is 36.8 Å². The quantitative estimate of drug-likeness (QED) is 0.327. The second kappa shape index (κ2) is 13.9. The van der Waals surface area contributed by atoms with Gasteiger partial charge in [0, 0.05) is 45.1 Å². The summed E-state index contributed by atoms with van der Waals surface area (Å²) in [4.78, 5) is 41.3. The van der Waals surface area contributed by atoms with Crippen molar-refractivity contribution in [3.63, 3.8) is 0 Å². The van der Waals surface area contributed by atoms with Crippen LogP contribution in [0.25, 0.3) is 10.8 Å². The predicted octanol–water partition coefficient (Wildman–Crippen LogP) is 2.01. The third-order valence-electron chi connectivity index (χ3n) is 7.07. The molecular formula is C30H44N4O5. The first kappa shape index (κ1) is 30.5. The summed E-state index contributed by atoms with van der Waals surface area (Å²) in [6, 6.07) is 12.5. The molecule has 0 spiro atoms. The number of aliphatic hydroxyl groups excluding tert-OH is 1. The van der Waals surface area contributed by atoms with Crippen LogP contribution in [0.4, 0.5) is 0 Å². The van der Waals surface area contributed by atoms with Gasteiger partial charge in [-0.2, -0.15) is 0 Å². The first-order chi connectivity index (χ1) is 18.5. The van der Waals surface area contributed by atoms with Gasteiger partial charge in [-0.25, -0.2) is 0 Å². The summed E-state index contributed by atoms with van der Waals surface area (Å²) < 4.78 is 5.19. The van der Waals surface area contributed by atoms with E-state index in [1.54, 1.807) is 12.0 Å². The lowest BCUT2D eigenvalue weighted by Gasteiger charge is -2.31. The summed E-state index contributed by atoms with van der Waals surface area (Å²) in [7, 11) is 1.62. The molecule has 4 unspecified atom stereocenters. The monoisotopic (exact) mass is 540 g/mol. The minimum atomic E-state index is -0.862. The van der Waals surface area contributed by atoms with Gasteiger partial charge >= 0.3 is 0 Å². The maximum Gasteiger partial charge on any atom is 0.243 e. The third-order valence-corrected chi connectivity index (χ3v) is 7.07.